The number of benzene rings is 1. The van der Waals surface area contributed by atoms with Crippen LogP contribution in [0.15, 0.2) is 24.4 Å². The summed E-state index contributed by atoms with van der Waals surface area (Å²) in [7, 11) is -0.426. The Hall–Kier alpha value is -1.99. The van der Waals surface area contributed by atoms with Crippen LogP contribution in [-0.4, -0.2) is 34.2 Å². The number of rotatable bonds is 2. The molecule has 1 N–H and O–H groups in total. The first-order valence-corrected chi connectivity index (χ1v) is 8.83. The fraction of sp³-hybridized carbons (Fsp3) is 0.526. The first-order valence-electron chi connectivity index (χ1n) is 8.83. The van der Waals surface area contributed by atoms with Crippen LogP contribution in [0, 0.1) is 5.41 Å². The minimum Gasteiger partial charge on any atom is -0.399 e. The van der Waals surface area contributed by atoms with Crippen molar-refractivity contribution < 1.29 is 14.1 Å². The lowest BCUT2D eigenvalue weighted by atomic mass is 9.78. The molecule has 1 aliphatic rings. The Kier molecular flexibility index (Phi) is 4.36. The number of carbonyl (C=O) groups excluding carboxylic acids is 1. The summed E-state index contributed by atoms with van der Waals surface area (Å²) in [5.74, 6) is 0.187. The van der Waals surface area contributed by atoms with E-state index in [9.17, 15) is 4.79 Å². The van der Waals surface area contributed by atoms with E-state index in [1.165, 1.54) is 0 Å². The van der Waals surface area contributed by atoms with Gasteiger partial charge < -0.3 is 9.31 Å². The van der Waals surface area contributed by atoms with Crippen LogP contribution < -0.4 is 10.8 Å². The second-order valence-electron chi connectivity index (χ2n) is 8.80. The van der Waals surface area contributed by atoms with Crippen LogP contribution in [0.5, 0.6) is 0 Å². The van der Waals surface area contributed by atoms with Gasteiger partial charge in [0, 0.05) is 17.0 Å². The van der Waals surface area contributed by atoms with Gasteiger partial charge in [-0.3, -0.25) is 10.1 Å². The molecule has 1 amide bonds. The molecule has 138 valence electrons. The fourth-order valence-corrected chi connectivity index (χ4v) is 2.53. The number of nitrogens with zero attached hydrogens (tertiary/aromatic N) is 2. The van der Waals surface area contributed by atoms with E-state index in [2.05, 4.69) is 15.3 Å². The van der Waals surface area contributed by atoms with Crippen molar-refractivity contribution in [3.05, 3.63) is 24.4 Å². The van der Waals surface area contributed by atoms with E-state index in [0.717, 1.165) is 16.4 Å². The molecule has 2 aromatic rings. The molecule has 0 spiro atoms. The number of carbonyl (C=O) groups is 1. The summed E-state index contributed by atoms with van der Waals surface area (Å²) in [6.07, 6.45) is 1.70. The molecule has 1 fully saturated rings. The molecule has 0 atom stereocenters. The average molecular weight is 355 g/mol. The molecule has 1 aromatic carbocycles. The van der Waals surface area contributed by atoms with Crippen LogP contribution in [0.2, 0.25) is 0 Å². The predicted molar refractivity (Wildman–Crippen MR) is 103 cm³/mol. The first kappa shape index (κ1) is 18.8. The van der Waals surface area contributed by atoms with Crippen molar-refractivity contribution >= 4 is 35.3 Å². The maximum absolute atomic E-state index is 12.1. The molecular weight excluding hydrogens is 329 g/mol. The lowest BCUT2D eigenvalue weighted by Gasteiger charge is -2.32. The predicted octanol–water partition coefficient (Wildman–Crippen LogP) is 2.91. The van der Waals surface area contributed by atoms with Crippen molar-refractivity contribution in [2.75, 3.05) is 5.32 Å². The first-order chi connectivity index (χ1) is 11.9. The average Bonchev–Trinajstić information content (AvgIpc) is 2.74. The summed E-state index contributed by atoms with van der Waals surface area (Å²) in [4.78, 5) is 20.8. The zero-order chi connectivity index (χ0) is 19.3. The van der Waals surface area contributed by atoms with Crippen LogP contribution in [0.3, 0.4) is 0 Å². The molecule has 3 rings (SSSR count). The van der Waals surface area contributed by atoms with E-state index in [4.69, 9.17) is 9.31 Å². The van der Waals surface area contributed by atoms with E-state index in [0.29, 0.717) is 5.95 Å². The smallest absolute Gasteiger partial charge is 0.399 e. The Morgan fingerprint density at radius 1 is 1.12 bits per heavy atom. The van der Waals surface area contributed by atoms with Crippen LogP contribution in [0.4, 0.5) is 5.95 Å². The zero-order valence-electron chi connectivity index (χ0n) is 16.5. The molecule has 1 aromatic heterocycles. The van der Waals surface area contributed by atoms with Crippen LogP contribution >= 0.6 is 0 Å². The van der Waals surface area contributed by atoms with E-state index < -0.39 is 12.5 Å². The third-order valence-electron chi connectivity index (χ3n) is 5.04. The van der Waals surface area contributed by atoms with Gasteiger partial charge in [0.15, 0.2) is 0 Å². The maximum Gasteiger partial charge on any atom is 0.494 e. The second kappa shape index (κ2) is 6.03. The molecule has 0 radical (unpaired) electrons. The van der Waals surface area contributed by atoms with Gasteiger partial charge in [0.05, 0.1) is 16.7 Å². The van der Waals surface area contributed by atoms with E-state index in [1.54, 1.807) is 6.20 Å². The molecule has 0 unspecified atom stereocenters. The number of fused-ring (bicyclic) bond motifs is 1. The maximum atomic E-state index is 12.1. The minimum atomic E-state index is -0.501. The number of nitrogens with one attached hydrogen (secondary N) is 1. The highest BCUT2D eigenvalue weighted by Gasteiger charge is 2.51. The highest BCUT2D eigenvalue weighted by atomic mass is 16.7. The van der Waals surface area contributed by atoms with Gasteiger partial charge in [0.25, 0.3) is 0 Å². The summed E-state index contributed by atoms with van der Waals surface area (Å²) in [6, 6.07) is 5.80. The molecule has 1 aliphatic heterocycles. The normalized spacial score (nSPS) is 19.0. The number of amides is 1. The van der Waals surface area contributed by atoms with Gasteiger partial charge in [-0.1, -0.05) is 32.9 Å². The van der Waals surface area contributed by atoms with Crippen molar-refractivity contribution in [3.8, 4) is 0 Å². The molecular formula is C19H26BN3O3. The van der Waals surface area contributed by atoms with Gasteiger partial charge in [0.2, 0.25) is 11.9 Å². The van der Waals surface area contributed by atoms with Crippen molar-refractivity contribution in [2.24, 2.45) is 5.41 Å². The number of anilines is 1. The zero-order valence-corrected chi connectivity index (χ0v) is 16.5. The number of hydrogen-bond acceptors (Lipinski definition) is 5. The van der Waals surface area contributed by atoms with Crippen molar-refractivity contribution in [1.29, 1.82) is 0 Å². The highest BCUT2D eigenvalue weighted by Crippen LogP contribution is 2.36. The molecule has 0 saturated carbocycles. The fourth-order valence-electron chi connectivity index (χ4n) is 2.53. The summed E-state index contributed by atoms with van der Waals surface area (Å²) >= 11 is 0. The lowest BCUT2D eigenvalue weighted by Crippen LogP contribution is -2.41. The second-order valence-corrected chi connectivity index (χ2v) is 8.80. The van der Waals surface area contributed by atoms with Crippen LogP contribution in [-0.2, 0) is 14.1 Å². The molecule has 26 heavy (non-hydrogen) atoms. The Labute approximate surface area is 154 Å². The SMILES string of the molecule is CC(C)(C)C(=O)Nc1ncc2cc(B3OC(C)(C)C(C)(C)O3)ccc2n1. The van der Waals surface area contributed by atoms with Crippen molar-refractivity contribution in [2.45, 2.75) is 59.7 Å². The van der Waals surface area contributed by atoms with E-state index in [-0.39, 0.29) is 17.1 Å². The molecule has 2 heterocycles. The van der Waals surface area contributed by atoms with E-state index >= 15 is 0 Å². The van der Waals surface area contributed by atoms with E-state index in [1.807, 2.05) is 66.7 Å². The largest absolute Gasteiger partial charge is 0.494 e. The van der Waals surface area contributed by atoms with Crippen LogP contribution in [0.1, 0.15) is 48.5 Å². The molecule has 7 heteroatoms. The standard InChI is InChI=1S/C19H26BN3O3/c1-17(2,3)15(24)23-16-21-11-12-10-13(8-9-14(12)22-16)20-25-18(4,5)19(6,7)26-20/h8-11H,1-7H3,(H,21,22,23,24). The number of aromatic nitrogens is 2. The monoisotopic (exact) mass is 355 g/mol. The Morgan fingerprint density at radius 2 is 1.73 bits per heavy atom. The number of hydrogen-bond donors (Lipinski definition) is 1. The minimum absolute atomic E-state index is 0.120. The van der Waals surface area contributed by atoms with Crippen molar-refractivity contribution in [3.63, 3.8) is 0 Å². The van der Waals surface area contributed by atoms with Gasteiger partial charge in [-0.25, -0.2) is 9.97 Å². The summed E-state index contributed by atoms with van der Waals surface area (Å²) in [5.41, 5.74) is 0.406. The van der Waals surface area contributed by atoms with Gasteiger partial charge in [-0.2, -0.15) is 0 Å². The summed E-state index contributed by atoms with van der Waals surface area (Å²) in [5, 5.41) is 3.62. The summed E-state index contributed by atoms with van der Waals surface area (Å²) < 4.78 is 12.2. The molecule has 1 saturated heterocycles. The third-order valence-corrected chi connectivity index (χ3v) is 5.04. The quantitative estimate of drug-likeness (QED) is 0.839. The van der Waals surface area contributed by atoms with Crippen molar-refractivity contribution in [1.82, 2.24) is 9.97 Å². The highest BCUT2D eigenvalue weighted by molar-refractivity contribution is 6.62. The Morgan fingerprint density at radius 3 is 2.31 bits per heavy atom. The lowest BCUT2D eigenvalue weighted by molar-refractivity contribution is -0.123. The molecule has 0 bridgehead atoms. The third kappa shape index (κ3) is 3.46. The summed E-state index contributed by atoms with van der Waals surface area (Å²) in [6.45, 7) is 13.7. The van der Waals surface area contributed by atoms with Gasteiger partial charge in [-0.05, 0) is 39.2 Å². The Balaban J connectivity index is 1.85. The molecule has 0 aliphatic carbocycles. The Bertz CT molecular complexity index is 843. The topological polar surface area (TPSA) is 73.3 Å². The van der Waals surface area contributed by atoms with Gasteiger partial charge in [0.1, 0.15) is 0 Å². The molecule has 6 nitrogen and oxygen atoms in total. The van der Waals surface area contributed by atoms with Gasteiger partial charge in [-0.15, -0.1) is 0 Å². The van der Waals surface area contributed by atoms with Gasteiger partial charge >= 0.3 is 7.12 Å². The van der Waals surface area contributed by atoms with Crippen LogP contribution in [0.25, 0.3) is 10.9 Å².